The van der Waals surface area contributed by atoms with Crippen molar-refractivity contribution in [1.29, 1.82) is 0 Å². The van der Waals surface area contributed by atoms with Gasteiger partial charge in [-0.25, -0.2) is 0 Å². The van der Waals surface area contributed by atoms with Gasteiger partial charge in [-0.3, -0.25) is 4.79 Å². The quantitative estimate of drug-likeness (QED) is 0.730. The maximum Gasteiger partial charge on any atom is 0.224 e. The van der Waals surface area contributed by atoms with E-state index in [9.17, 15) is 4.79 Å². The Hall–Kier alpha value is -2.24. The van der Waals surface area contributed by atoms with Crippen LogP contribution in [-0.4, -0.2) is 25.1 Å². The number of carbonyl (C=O) groups excluding carboxylic acids is 1. The largest absolute Gasteiger partial charge is 0.497 e. The van der Waals surface area contributed by atoms with Crippen LogP contribution in [0.25, 0.3) is 0 Å². The summed E-state index contributed by atoms with van der Waals surface area (Å²) in [5.74, 6) is 2.78. The molecule has 6 heteroatoms. The highest BCUT2D eigenvalue weighted by Gasteiger charge is 2.34. The summed E-state index contributed by atoms with van der Waals surface area (Å²) >= 11 is 0. The van der Waals surface area contributed by atoms with Gasteiger partial charge in [0.1, 0.15) is 17.2 Å². The molecule has 2 unspecified atom stereocenters. The first kappa shape index (κ1) is 20.5. The Morgan fingerprint density at radius 3 is 2.39 bits per heavy atom. The SMILES string of the molecule is COc1cccc(Oc2ccc(NC(=O)CC3CC4CCC(C3)N4)cc2)c1.Cl. The van der Waals surface area contributed by atoms with E-state index in [2.05, 4.69) is 10.6 Å². The summed E-state index contributed by atoms with van der Waals surface area (Å²) in [6.45, 7) is 0. The van der Waals surface area contributed by atoms with Gasteiger partial charge in [-0.1, -0.05) is 6.07 Å². The van der Waals surface area contributed by atoms with Crippen LogP contribution in [0.2, 0.25) is 0 Å². The fourth-order valence-electron chi connectivity index (χ4n) is 4.22. The Morgan fingerprint density at radius 1 is 1.04 bits per heavy atom. The molecule has 0 spiro atoms. The number of piperidine rings is 1. The number of amides is 1. The van der Waals surface area contributed by atoms with Gasteiger partial charge in [0.25, 0.3) is 0 Å². The van der Waals surface area contributed by atoms with Crippen LogP contribution in [0.5, 0.6) is 17.2 Å². The first-order valence-corrected chi connectivity index (χ1v) is 9.66. The smallest absolute Gasteiger partial charge is 0.224 e. The number of benzene rings is 2. The summed E-state index contributed by atoms with van der Waals surface area (Å²) < 4.78 is 11.0. The monoisotopic (exact) mass is 402 g/mol. The van der Waals surface area contributed by atoms with Crippen molar-refractivity contribution in [2.75, 3.05) is 12.4 Å². The second-order valence-electron chi connectivity index (χ2n) is 7.53. The molecule has 2 aliphatic heterocycles. The van der Waals surface area contributed by atoms with Crippen LogP contribution in [-0.2, 0) is 4.79 Å². The van der Waals surface area contributed by atoms with Crippen LogP contribution in [0.15, 0.2) is 48.5 Å². The molecule has 2 fully saturated rings. The van der Waals surface area contributed by atoms with Crippen LogP contribution in [0.3, 0.4) is 0 Å². The van der Waals surface area contributed by atoms with Crippen LogP contribution in [0.1, 0.15) is 32.1 Å². The van der Waals surface area contributed by atoms with E-state index in [-0.39, 0.29) is 18.3 Å². The van der Waals surface area contributed by atoms with Gasteiger partial charge < -0.3 is 20.1 Å². The number of rotatable bonds is 6. The molecule has 2 saturated heterocycles. The van der Waals surface area contributed by atoms with Crippen molar-refractivity contribution in [2.24, 2.45) is 5.92 Å². The van der Waals surface area contributed by atoms with Crippen molar-refractivity contribution >= 4 is 24.0 Å². The molecule has 0 aromatic heterocycles. The number of carbonyl (C=O) groups is 1. The van der Waals surface area contributed by atoms with Crippen LogP contribution in [0, 0.1) is 5.92 Å². The Kier molecular flexibility index (Phi) is 6.81. The minimum atomic E-state index is 0. The van der Waals surface area contributed by atoms with Crippen LogP contribution >= 0.6 is 12.4 Å². The third-order valence-electron chi connectivity index (χ3n) is 5.46. The zero-order valence-corrected chi connectivity index (χ0v) is 16.8. The molecule has 28 heavy (non-hydrogen) atoms. The first-order valence-electron chi connectivity index (χ1n) is 9.66. The number of halogens is 1. The Bertz CT molecular complexity index is 785. The van der Waals surface area contributed by atoms with E-state index in [1.165, 1.54) is 12.8 Å². The van der Waals surface area contributed by atoms with Crippen molar-refractivity contribution in [1.82, 2.24) is 5.32 Å². The molecule has 2 aliphatic rings. The van der Waals surface area contributed by atoms with Gasteiger partial charge in [0.05, 0.1) is 7.11 Å². The van der Waals surface area contributed by atoms with Crippen LogP contribution < -0.4 is 20.1 Å². The maximum atomic E-state index is 12.4. The fraction of sp³-hybridized carbons (Fsp3) is 0.409. The number of hydrogen-bond donors (Lipinski definition) is 2. The molecule has 1 amide bonds. The molecule has 5 nitrogen and oxygen atoms in total. The van der Waals surface area contributed by atoms with E-state index >= 15 is 0 Å². The van der Waals surface area contributed by atoms with Gasteiger partial charge >= 0.3 is 0 Å². The number of methoxy groups -OCH3 is 1. The van der Waals surface area contributed by atoms with Crippen molar-refractivity contribution in [3.05, 3.63) is 48.5 Å². The van der Waals surface area contributed by atoms with Gasteiger partial charge in [0.15, 0.2) is 0 Å². The zero-order valence-electron chi connectivity index (χ0n) is 16.0. The average molecular weight is 403 g/mol. The van der Waals surface area contributed by atoms with E-state index < -0.39 is 0 Å². The zero-order chi connectivity index (χ0) is 18.6. The lowest BCUT2D eigenvalue weighted by Gasteiger charge is -2.28. The van der Waals surface area contributed by atoms with Gasteiger partial charge in [-0.05, 0) is 68.0 Å². The topological polar surface area (TPSA) is 59.6 Å². The summed E-state index contributed by atoms with van der Waals surface area (Å²) in [5.41, 5.74) is 0.801. The summed E-state index contributed by atoms with van der Waals surface area (Å²) in [4.78, 5) is 12.4. The normalized spacial score (nSPS) is 22.8. The molecule has 0 radical (unpaired) electrons. The lowest BCUT2D eigenvalue weighted by atomic mass is 9.89. The summed E-state index contributed by atoms with van der Waals surface area (Å²) in [6, 6.07) is 16.2. The molecule has 2 heterocycles. The van der Waals surface area contributed by atoms with E-state index in [1.807, 2.05) is 48.5 Å². The number of hydrogen-bond acceptors (Lipinski definition) is 4. The molecule has 0 aliphatic carbocycles. The predicted octanol–water partition coefficient (Wildman–Crippen LogP) is 4.77. The molecule has 2 bridgehead atoms. The minimum Gasteiger partial charge on any atom is -0.497 e. The highest BCUT2D eigenvalue weighted by atomic mass is 35.5. The highest BCUT2D eigenvalue weighted by Crippen LogP contribution is 2.33. The molecule has 4 rings (SSSR count). The Morgan fingerprint density at radius 2 is 1.71 bits per heavy atom. The minimum absolute atomic E-state index is 0. The fourth-order valence-corrected chi connectivity index (χ4v) is 4.22. The van der Waals surface area contributed by atoms with Gasteiger partial charge in [0, 0.05) is 30.3 Å². The molecule has 2 atom stereocenters. The van der Waals surface area contributed by atoms with Crippen molar-refractivity contribution in [3.8, 4) is 17.2 Å². The summed E-state index contributed by atoms with van der Waals surface area (Å²) in [6.07, 6.45) is 5.38. The summed E-state index contributed by atoms with van der Waals surface area (Å²) in [5, 5.41) is 6.64. The first-order chi connectivity index (χ1) is 13.2. The third kappa shape index (κ3) is 5.18. The number of ether oxygens (including phenoxy) is 2. The molecule has 2 aromatic rings. The van der Waals surface area contributed by atoms with Gasteiger partial charge in [-0.2, -0.15) is 0 Å². The Labute approximate surface area is 172 Å². The second-order valence-corrected chi connectivity index (χ2v) is 7.53. The molecule has 2 N–H and O–H groups in total. The van der Waals surface area contributed by atoms with Crippen molar-refractivity contribution in [3.63, 3.8) is 0 Å². The third-order valence-corrected chi connectivity index (χ3v) is 5.46. The van der Waals surface area contributed by atoms with Crippen molar-refractivity contribution in [2.45, 2.75) is 44.2 Å². The molecular formula is C22H27ClN2O3. The van der Waals surface area contributed by atoms with E-state index in [0.717, 1.165) is 30.0 Å². The maximum absolute atomic E-state index is 12.4. The Balaban J connectivity index is 0.00000225. The molecule has 2 aromatic carbocycles. The number of fused-ring (bicyclic) bond motifs is 2. The predicted molar refractivity (Wildman–Crippen MR) is 113 cm³/mol. The van der Waals surface area contributed by atoms with Gasteiger partial charge in [0.2, 0.25) is 5.91 Å². The standard InChI is InChI=1S/C22H26N2O3.ClH/c1-26-20-3-2-4-21(14-20)27-19-9-7-16(8-10-19)24-22(25)13-15-11-17-5-6-18(12-15)23-17;/h2-4,7-10,14-15,17-18,23H,5-6,11-13H2,1H3,(H,24,25);1H. The molecular weight excluding hydrogens is 376 g/mol. The van der Waals surface area contributed by atoms with E-state index in [4.69, 9.17) is 9.47 Å². The van der Waals surface area contributed by atoms with E-state index in [0.29, 0.717) is 30.2 Å². The lowest BCUT2D eigenvalue weighted by Crippen LogP contribution is -2.39. The lowest BCUT2D eigenvalue weighted by molar-refractivity contribution is -0.117. The number of nitrogens with one attached hydrogen (secondary N) is 2. The average Bonchev–Trinajstić information content (AvgIpc) is 3.02. The number of anilines is 1. The van der Waals surface area contributed by atoms with Crippen LogP contribution in [0.4, 0.5) is 5.69 Å². The van der Waals surface area contributed by atoms with E-state index in [1.54, 1.807) is 7.11 Å². The van der Waals surface area contributed by atoms with Gasteiger partial charge in [-0.15, -0.1) is 12.4 Å². The molecule has 150 valence electrons. The summed E-state index contributed by atoms with van der Waals surface area (Å²) in [7, 11) is 1.63. The highest BCUT2D eigenvalue weighted by molar-refractivity contribution is 5.90. The second kappa shape index (κ2) is 9.30. The van der Waals surface area contributed by atoms with Crippen molar-refractivity contribution < 1.29 is 14.3 Å². The molecule has 0 saturated carbocycles.